The van der Waals surface area contributed by atoms with Crippen molar-refractivity contribution in [3.05, 3.63) is 12.2 Å². The number of likely N-dealkylation sites (tertiary alicyclic amines) is 1. The largest absolute Gasteiger partial charge is 0.357 e. The minimum Gasteiger partial charge on any atom is -0.357 e. The highest BCUT2D eigenvalue weighted by molar-refractivity contribution is 14.0. The van der Waals surface area contributed by atoms with Gasteiger partial charge in [0.25, 0.3) is 0 Å². The van der Waals surface area contributed by atoms with Gasteiger partial charge in [0.15, 0.2) is 5.96 Å². The molecule has 0 bridgehead atoms. The van der Waals surface area contributed by atoms with E-state index in [4.69, 9.17) is 4.99 Å². The predicted octanol–water partition coefficient (Wildman–Crippen LogP) is 3.02. The molecule has 0 spiro atoms. The minimum absolute atomic E-state index is 0. The number of hydrogen-bond donors (Lipinski definition) is 1. The fraction of sp³-hybridized carbons (Fsp3) is 0.850. The van der Waals surface area contributed by atoms with Crippen LogP contribution in [0.3, 0.4) is 0 Å². The van der Waals surface area contributed by atoms with Crippen LogP contribution in [0.1, 0.15) is 47.5 Å². The van der Waals surface area contributed by atoms with Crippen molar-refractivity contribution in [2.75, 3.05) is 45.8 Å². The van der Waals surface area contributed by atoms with E-state index in [2.05, 4.69) is 66.8 Å². The van der Waals surface area contributed by atoms with Crippen molar-refractivity contribution >= 4 is 29.9 Å². The molecule has 1 fully saturated rings. The van der Waals surface area contributed by atoms with Crippen molar-refractivity contribution in [2.45, 2.75) is 65.6 Å². The maximum absolute atomic E-state index is 4.92. The molecule has 1 unspecified atom stereocenters. The molecule has 0 saturated carbocycles. The van der Waals surface area contributed by atoms with Crippen molar-refractivity contribution in [2.24, 2.45) is 4.99 Å². The van der Waals surface area contributed by atoms with Gasteiger partial charge in [0.05, 0.1) is 0 Å². The summed E-state index contributed by atoms with van der Waals surface area (Å²) in [7, 11) is 0. The van der Waals surface area contributed by atoms with Crippen LogP contribution in [-0.4, -0.2) is 84.6 Å². The summed E-state index contributed by atoms with van der Waals surface area (Å²) in [5, 5.41) is 3.50. The van der Waals surface area contributed by atoms with Gasteiger partial charge < -0.3 is 10.2 Å². The molecule has 6 heteroatoms. The average Bonchev–Trinajstić information content (AvgIpc) is 3.23. The van der Waals surface area contributed by atoms with Gasteiger partial charge >= 0.3 is 0 Å². The molecule has 0 aromatic carbocycles. The van der Waals surface area contributed by atoms with Crippen LogP contribution >= 0.6 is 24.0 Å². The molecule has 0 aromatic heterocycles. The Morgan fingerprint density at radius 3 is 2.42 bits per heavy atom. The van der Waals surface area contributed by atoms with E-state index in [9.17, 15) is 0 Å². The molecule has 0 radical (unpaired) electrons. The van der Waals surface area contributed by atoms with E-state index in [0.717, 1.165) is 58.2 Å². The predicted molar refractivity (Wildman–Crippen MR) is 124 cm³/mol. The molecule has 152 valence electrons. The Bertz CT molecular complexity index is 433. The van der Waals surface area contributed by atoms with E-state index in [1.54, 1.807) is 0 Å². The first-order valence-electron chi connectivity index (χ1n) is 10.2. The summed E-state index contributed by atoms with van der Waals surface area (Å²) in [6.45, 7) is 18.7. The lowest BCUT2D eigenvalue weighted by Gasteiger charge is -2.30. The lowest BCUT2D eigenvalue weighted by Crippen LogP contribution is -2.43. The van der Waals surface area contributed by atoms with Gasteiger partial charge in [-0.1, -0.05) is 12.2 Å². The third-order valence-corrected chi connectivity index (χ3v) is 5.32. The third-order valence-electron chi connectivity index (χ3n) is 5.32. The van der Waals surface area contributed by atoms with Crippen LogP contribution < -0.4 is 5.32 Å². The van der Waals surface area contributed by atoms with Crippen molar-refractivity contribution in [3.8, 4) is 0 Å². The average molecular weight is 477 g/mol. The number of nitrogens with zero attached hydrogens (tertiary/aromatic N) is 4. The smallest absolute Gasteiger partial charge is 0.193 e. The first kappa shape index (κ1) is 23.7. The lowest BCUT2D eigenvalue weighted by molar-refractivity contribution is 0.174. The van der Waals surface area contributed by atoms with Crippen LogP contribution in [0.25, 0.3) is 0 Å². The Labute approximate surface area is 178 Å². The number of hydrogen-bond acceptors (Lipinski definition) is 3. The lowest BCUT2D eigenvalue weighted by atomic mass is 10.2. The van der Waals surface area contributed by atoms with Crippen LogP contribution in [0.5, 0.6) is 0 Å². The normalized spacial score (nSPS) is 21.3. The summed E-state index contributed by atoms with van der Waals surface area (Å²) in [6.07, 6.45) is 6.95. The van der Waals surface area contributed by atoms with Gasteiger partial charge in [0.2, 0.25) is 0 Å². The van der Waals surface area contributed by atoms with Gasteiger partial charge in [0.1, 0.15) is 0 Å². The minimum atomic E-state index is 0. The Hall–Kier alpha value is -0.340. The zero-order chi connectivity index (χ0) is 18.2. The number of nitrogens with one attached hydrogen (secondary N) is 1. The third kappa shape index (κ3) is 7.00. The van der Waals surface area contributed by atoms with E-state index in [-0.39, 0.29) is 24.0 Å². The van der Waals surface area contributed by atoms with Gasteiger partial charge in [-0.2, -0.15) is 0 Å². The second-order valence-corrected chi connectivity index (χ2v) is 7.83. The van der Waals surface area contributed by atoms with E-state index in [1.165, 1.54) is 6.42 Å². The van der Waals surface area contributed by atoms with Crippen molar-refractivity contribution < 1.29 is 0 Å². The van der Waals surface area contributed by atoms with Crippen LogP contribution in [-0.2, 0) is 0 Å². The quantitative estimate of drug-likeness (QED) is 0.192. The highest BCUT2D eigenvalue weighted by Crippen LogP contribution is 2.18. The molecule has 1 saturated heterocycles. The van der Waals surface area contributed by atoms with Gasteiger partial charge in [-0.05, 0) is 47.5 Å². The Kier molecular flexibility index (Phi) is 11.1. The molecule has 5 nitrogen and oxygen atoms in total. The second-order valence-electron chi connectivity index (χ2n) is 7.83. The standard InChI is InChI=1S/C20H39N5.HI/c1-6-21-20(22-11-9-14-25(17(2)3)18(4)5)24-15-10-19(16-24)23-12-7-8-13-23;/h7-8,17-19H,6,9-16H2,1-5H3,(H,21,22);1H. The summed E-state index contributed by atoms with van der Waals surface area (Å²) < 4.78 is 0. The fourth-order valence-electron chi connectivity index (χ4n) is 4.00. The SMILES string of the molecule is CCNC(=NCCCN(C(C)C)C(C)C)N1CCC(N2CC=CC2)C1.I. The monoisotopic (exact) mass is 477 g/mol. The Balaban J connectivity index is 0.00000338. The number of rotatable bonds is 8. The number of aliphatic imine (C=N–C) groups is 1. The molecule has 0 amide bonds. The molecule has 2 rings (SSSR count). The molecule has 2 aliphatic rings. The molecule has 0 aliphatic carbocycles. The maximum Gasteiger partial charge on any atom is 0.193 e. The zero-order valence-electron chi connectivity index (χ0n) is 17.4. The summed E-state index contributed by atoms with van der Waals surface area (Å²) in [5.74, 6) is 1.11. The zero-order valence-corrected chi connectivity index (χ0v) is 19.8. The molecule has 2 heterocycles. The summed E-state index contributed by atoms with van der Waals surface area (Å²) in [5.41, 5.74) is 0. The molecule has 26 heavy (non-hydrogen) atoms. The van der Waals surface area contributed by atoms with Crippen molar-refractivity contribution in [1.82, 2.24) is 20.0 Å². The van der Waals surface area contributed by atoms with Crippen LogP contribution in [0.2, 0.25) is 0 Å². The fourth-order valence-corrected chi connectivity index (χ4v) is 4.00. The van der Waals surface area contributed by atoms with Crippen molar-refractivity contribution in [3.63, 3.8) is 0 Å². The van der Waals surface area contributed by atoms with Crippen LogP contribution in [0.4, 0.5) is 0 Å². The molecular weight excluding hydrogens is 437 g/mol. The maximum atomic E-state index is 4.92. The van der Waals surface area contributed by atoms with Crippen LogP contribution in [0, 0.1) is 0 Å². The van der Waals surface area contributed by atoms with Gasteiger partial charge in [-0.15, -0.1) is 24.0 Å². The second kappa shape index (κ2) is 12.2. The first-order chi connectivity index (χ1) is 12.0. The van der Waals surface area contributed by atoms with Gasteiger partial charge in [0, 0.05) is 63.9 Å². The summed E-state index contributed by atoms with van der Waals surface area (Å²) >= 11 is 0. The first-order valence-corrected chi connectivity index (χ1v) is 10.2. The highest BCUT2D eigenvalue weighted by atomic mass is 127. The highest BCUT2D eigenvalue weighted by Gasteiger charge is 2.29. The van der Waals surface area contributed by atoms with Gasteiger partial charge in [-0.3, -0.25) is 14.8 Å². The summed E-state index contributed by atoms with van der Waals surface area (Å²) in [4.78, 5) is 12.5. The van der Waals surface area contributed by atoms with Crippen LogP contribution in [0.15, 0.2) is 17.1 Å². The molecular formula is C20H40IN5. The van der Waals surface area contributed by atoms with E-state index in [1.807, 2.05) is 0 Å². The molecule has 1 N–H and O–H groups in total. The Morgan fingerprint density at radius 1 is 1.19 bits per heavy atom. The molecule has 2 aliphatic heterocycles. The van der Waals surface area contributed by atoms with E-state index >= 15 is 0 Å². The number of guanidine groups is 1. The number of halogens is 1. The van der Waals surface area contributed by atoms with E-state index in [0.29, 0.717) is 18.1 Å². The van der Waals surface area contributed by atoms with Gasteiger partial charge in [-0.25, -0.2) is 0 Å². The topological polar surface area (TPSA) is 34.1 Å². The summed E-state index contributed by atoms with van der Waals surface area (Å²) in [6, 6.07) is 1.88. The molecule has 0 aromatic rings. The van der Waals surface area contributed by atoms with E-state index < -0.39 is 0 Å². The Morgan fingerprint density at radius 2 is 1.85 bits per heavy atom. The molecule has 1 atom stereocenters. The van der Waals surface area contributed by atoms with Crippen molar-refractivity contribution in [1.29, 1.82) is 0 Å².